The molecule has 0 unspecified atom stereocenters. The van der Waals surface area contributed by atoms with Crippen molar-refractivity contribution in [3.8, 4) is 0 Å². The van der Waals surface area contributed by atoms with Crippen molar-refractivity contribution in [3.05, 3.63) is 64.7 Å². The van der Waals surface area contributed by atoms with Crippen LogP contribution in [0.15, 0.2) is 40.9 Å². The van der Waals surface area contributed by atoms with Crippen LogP contribution in [0.2, 0.25) is 0 Å². The SMILES string of the molecule is CC(=O)N1C=Cc2ccccc2[C@H]1CC(=O)NCc1cc(C(=O)O)c(C)o1. The van der Waals surface area contributed by atoms with Crippen molar-refractivity contribution in [2.45, 2.75) is 32.9 Å². The number of carbonyl (C=O) groups is 3. The molecule has 1 aliphatic heterocycles. The molecule has 140 valence electrons. The Morgan fingerprint density at radius 2 is 2.00 bits per heavy atom. The highest BCUT2D eigenvalue weighted by atomic mass is 16.4. The van der Waals surface area contributed by atoms with Gasteiger partial charge in [-0.05, 0) is 30.2 Å². The number of fused-ring (bicyclic) bond motifs is 1. The normalized spacial score (nSPS) is 15.3. The number of hydrogen-bond donors (Lipinski definition) is 2. The summed E-state index contributed by atoms with van der Waals surface area (Å²) in [5, 5.41) is 11.8. The number of benzene rings is 1. The lowest BCUT2D eigenvalue weighted by Gasteiger charge is -2.32. The van der Waals surface area contributed by atoms with Gasteiger partial charge in [0.05, 0.1) is 19.0 Å². The van der Waals surface area contributed by atoms with E-state index in [4.69, 9.17) is 9.52 Å². The molecule has 1 atom stereocenters. The van der Waals surface area contributed by atoms with E-state index in [1.165, 1.54) is 13.0 Å². The molecule has 27 heavy (non-hydrogen) atoms. The summed E-state index contributed by atoms with van der Waals surface area (Å²) in [6.45, 7) is 3.10. The van der Waals surface area contributed by atoms with Gasteiger partial charge in [0.2, 0.25) is 11.8 Å². The van der Waals surface area contributed by atoms with Crippen LogP contribution in [0.4, 0.5) is 0 Å². The molecule has 1 aromatic heterocycles. The van der Waals surface area contributed by atoms with Crippen LogP contribution in [0.1, 0.15) is 52.4 Å². The van der Waals surface area contributed by atoms with Crippen molar-refractivity contribution < 1.29 is 23.9 Å². The summed E-state index contributed by atoms with van der Waals surface area (Å²) >= 11 is 0. The van der Waals surface area contributed by atoms with E-state index in [1.54, 1.807) is 18.0 Å². The maximum atomic E-state index is 12.5. The maximum Gasteiger partial charge on any atom is 0.339 e. The van der Waals surface area contributed by atoms with Gasteiger partial charge in [-0.3, -0.25) is 9.59 Å². The number of aromatic carboxylic acids is 1. The Bertz CT molecular complexity index is 928. The number of aryl methyl sites for hydroxylation is 1. The first-order valence-corrected chi connectivity index (χ1v) is 8.52. The lowest BCUT2D eigenvalue weighted by atomic mass is 9.93. The second-order valence-corrected chi connectivity index (χ2v) is 6.36. The molecule has 2 heterocycles. The number of nitrogens with zero attached hydrogens (tertiary/aromatic N) is 1. The Hall–Kier alpha value is -3.35. The average Bonchev–Trinajstić information content (AvgIpc) is 3.01. The Kier molecular flexibility index (Phi) is 5.12. The van der Waals surface area contributed by atoms with Crippen molar-refractivity contribution in [2.75, 3.05) is 0 Å². The highest BCUT2D eigenvalue weighted by Crippen LogP contribution is 2.32. The van der Waals surface area contributed by atoms with Crippen molar-refractivity contribution in [1.82, 2.24) is 10.2 Å². The van der Waals surface area contributed by atoms with Gasteiger partial charge < -0.3 is 19.7 Å². The fourth-order valence-corrected chi connectivity index (χ4v) is 3.19. The number of rotatable bonds is 5. The Morgan fingerprint density at radius 1 is 1.26 bits per heavy atom. The summed E-state index contributed by atoms with van der Waals surface area (Å²) in [5.74, 6) is -0.823. The third kappa shape index (κ3) is 3.92. The zero-order chi connectivity index (χ0) is 19.6. The fourth-order valence-electron chi connectivity index (χ4n) is 3.19. The summed E-state index contributed by atoms with van der Waals surface area (Å²) in [6.07, 6.45) is 3.63. The van der Waals surface area contributed by atoms with Gasteiger partial charge in [-0.2, -0.15) is 0 Å². The zero-order valence-electron chi connectivity index (χ0n) is 15.1. The molecule has 7 heteroatoms. The lowest BCUT2D eigenvalue weighted by Crippen LogP contribution is -2.35. The Labute approximate surface area is 156 Å². The molecule has 0 spiro atoms. The predicted molar refractivity (Wildman–Crippen MR) is 97.6 cm³/mol. The third-order valence-corrected chi connectivity index (χ3v) is 4.51. The minimum absolute atomic E-state index is 0.0772. The molecule has 0 saturated carbocycles. The Balaban J connectivity index is 1.70. The number of carboxylic acid groups (broad SMARTS) is 1. The molecule has 1 aliphatic rings. The van der Waals surface area contributed by atoms with Gasteiger partial charge in [-0.25, -0.2) is 4.79 Å². The van der Waals surface area contributed by atoms with Gasteiger partial charge in [0, 0.05) is 13.1 Å². The molecule has 3 rings (SSSR count). The number of amides is 2. The molecule has 2 amide bonds. The van der Waals surface area contributed by atoms with Crippen LogP contribution in [-0.4, -0.2) is 27.8 Å². The number of nitrogens with one attached hydrogen (secondary N) is 1. The molecule has 0 aliphatic carbocycles. The van der Waals surface area contributed by atoms with E-state index in [-0.39, 0.29) is 30.3 Å². The van der Waals surface area contributed by atoms with E-state index in [2.05, 4.69) is 5.32 Å². The quantitative estimate of drug-likeness (QED) is 0.845. The molecule has 1 aromatic carbocycles. The molecule has 2 aromatic rings. The van der Waals surface area contributed by atoms with E-state index in [0.717, 1.165) is 11.1 Å². The molecule has 0 fully saturated rings. The largest absolute Gasteiger partial charge is 0.478 e. The second kappa shape index (κ2) is 7.49. The molecule has 0 radical (unpaired) electrons. The molecular weight excluding hydrogens is 348 g/mol. The van der Waals surface area contributed by atoms with Crippen molar-refractivity contribution in [1.29, 1.82) is 0 Å². The molecule has 0 bridgehead atoms. The van der Waals surface area contributed by atoms with Gasteiger partial charge in [-0.15, -0.1) is 0 Å². The van der Waals surface area contributed by atoms with Crippen LogP contribution in [0.5, 0.6) is 0 Å². The van der Waals surface area contributed by atoms with Gasteiger partial charge in [0.15, 0.2) is 0 Å². The fraction of sp³-hybridized carbons (Fsp3) is 0.250. The smallest absolute Gasteiger partial charge is 0.339 e. The van der Waals surface area contributed by atoms with E-state index in [9.17, 15) is 14.4 Å². The molecule has 7 nitrogen and oxygen atoms in total. The number of hydrogen-bond acceptors (Lipinski definition) is 4. The van der Waals surface area contributed by atoms with Crippen molar-refractivity contribution in [3.63, 3.8) is 0 Å². The first-order valence-electron chi connectivity index (χ1n) is 8.52. The molecule has 2 N–H and O–H groups in total. The topological polar surface area (TPSA) is 99.9 Å². The summed E-state index contributed by atoms with van der Waals surface area (Å²) in [4.78, 5) is 37.0. The van der Waals surface area contributed by atoms with Crippen LogP contribution >= 0.6 is 0 Å². The summed E-state index contributed by atoms with van der Waals surface area (Å²) < 4.78 is 5.36. The standard InChI is InChI=1S/C20H20N2O5/c1-12-17(20(25)26)9-15(27-12)11-21-19(24)10-18-16-6-4-3-5-14(16)7-8-22(18)13(2)23/h3-9,18H,10-11H2,1-2H3,(H,21,24)(H,25,26)/t18-/m1/s1. The highest BCUT2D eigenvalue weighted by Gasteiger charge is 2.28. The molecular formula is C20H20N2O5. The summed E-state index contributed by atoms with van der Waals surface area (Å²) in [7, 11) is 0. The number of furan rings is 1. The van der Waals surface area contributed by atoms with Crippen LogP contribution in [0.25, 0.3) is 6.08 Å². The van der Waals surface area contributed by atoms with E-state index >= 15 is 0 Å². The van der Waals surface area contributed by atoms with E-state index in [1.807, 2.05) is 30.3 Å². The number of carboxylic acids is 1. The first-order chi connectivity index (χ1) is 12.9. The van der Waals surface area contributed by atoms with Crippen LogP contribution < -0.4 is 5.32 Å². The lowest BCUT2D eigenvalue weighted by molar-refractivity contribution is -0.130. The van der Waals surface area contributed by atoms with Crippen molar-refractivity contribution >= 4 is 23.9 Å². The highest BCUT2D eigenvalue weighted by molar-refractivity contribution is 5.88. The maximum absolute atomic E-state index is 12.5. The van der Waals surface area contributed by atoms with Crippen molar-refractivity contribution in [2.24, 2.45) is 0 Å². The molecule has 0 saturated heterocycles. The first kappa shape index (κ1) is 18.4. The predicted octanol–water partition coefficient (Wildman–Crippen LogP) is 2.87. The van der Waals surface area contributed by atoms with E-state index < -0.39 is 12.0 Å². The minimum Gasteiger partial charge on any atom is -0.478 e. The van der Waals surface area contributed by atoms with Gasteiger partial charge >= 0.3 is 5.97 Å². The monoisotopic (exact) mass is 368 g/mol. The van der Waals surface area contributed by atoms with Gasteiger partial charge in [-0.1, -0.05) is 24.3 Å². The van der Waals surface area contributed by atoms with E-state index in [0.29, 0.717) is 11.5 Å². The third-order valence-electron chi connectivity index (χ3n) is 4.51. The average molecular weight is 368 g/mol. The minimum atomic E-state index is -1.07. The summed E-state index contributed by atoms with van der Waals surface area (Å²) in [6, 6.07) is 8.63. The zero-order valence-corrected chi connectivity index (χ0v) is 15.1. The van der Waals surface area contributed by atoms with Gasteiger partial charge in [0.1, 0.15) is 17.1 Å². The number of carbonyl (C=O) groups excluding carboxylic acids is 2. The van der Waals surface area contributed by atoms with Crippen LogP contribution in [0, 0.1) is 6.92 Å². The van der Waals surface area contributed by atoms with Crippen LogP contribution in [0.3, 0.4) is 0 Å². The van der Waals surface area contributed by atoms with Crippen LogP contribution in [-0.2, 0) is 16.1 Å². The van der Waals surface area contributed by atoms with Gasteiger partial charge in [0.25, 0.3) is 0 Å². The summed E-state index contributed by atoms with van der Waals surface area (Å²) in [5.41, 5.74) is 1.96. The second-order valence-electron chi connectivity index (χ2n) is 6.36. The Morgan fingerprint density at radius 3 is 2.67 bits per heavy atom.